The molecule has 4 aromatic rings. The van der Waals surface area contributed by atoms with E-state index in [0.717, 1.165) is 43.9 Å². The number of aromatic nitrogens is 5. The number of nitrogens with zero attached hydrogens (tertiary/aromatic N) is 5. The molecule has 8 heteroatoms. The van der Waals surface area contributed by atoms with E-state index in [-0.39, 0.29) is 0 Å². The zero-order valence-electron chi connectivity index (χ0n) is 15.3. The molecule has 0 N–H and O–H groups in total. The van der Waals surface area contributed by atoms with Crippen LogP contribution in [0.2, 0.25) is 0 Å². The topological polar surface area (TPSA) is 65.7 Å². The van der Waals surface area contributed by atoms with Crippen LogP contribution in [0.25, 0.3) is 21.3 Å². The largest absolute Gasteiger partial charge is 0.377 e. The van der Waals surface area contributed by atoms with Gasteiger partial charge in [-0.05, 0) is 31.2 Å². The summed E-state index contributed by atoms with van der Waals surface area (Å²) in [7, 11) is 1.65. The quantitative estimate of drug-likeness (QED) is 0.444. The summed E-state index contributed by atoms with van der Waals surface area (Å²) in [5.41, 5.74) is 2.29. The zero-order chi connectivity index (χ0) is 18.8. The average Bonchev–Trinajstić information content (AvgIpc) is 3.26. The van der Waals surface area contributed by atoms with Crippen molar-refractivity contribution in [3.8, 4) is 11.1 Å². The van der Waals surface area contributed by atoms with Crippen molar-refractivity contribution < 1.29 is 4.74 Å². The third-order valence-corrected chi connectivity index (χ3v) is 6.06. The van der Waals surface area contributed by atoms with Crippen molar-refractivity contribution in [2.45, 2.75) is 37.2 Å². The second kappa shape index (κ2) is 7.75. The first-order valence-electron chi connectivity index (χ1n) is 8.61. The molecular formula is C19H19N5OS2. The van der Waals surface area contributed by atoms with Crippen LogP contribution in [0.1, 0.15) is 18.6 Å². The molecule has 0 spiro atoms. The fraction of sp³-hybridized carbons (Fsp3) is 0.263. The van der Waals surface area contributed by atoms with E-state index < -0.39 is 0 Å². The fourth-order valence-electron chi connectivity index (χ4n) is 2.94. The molecule has 3 heterocycles. The van der Waals surface area contributed by atoms with E-state index in [1.165, 1.54) is 11.8 Å². The molecule has 0 unspecified atom stereocenters. The summed E-state index contributed by atoms with van der Waals surface area (Å²) in [5.74, 6) is 1.57. The zero-order valence-corrected chi connectivity index (χ0v) is 17.0. The molecule has 4 rings (SSSR count). The lowest BCUT2D eigenvalue weighted by molar-refractivity contribution is 0.177. The Bertz CT molecular complexity index is 1070. The third kappa shape index (κ3) is 3.47. The number of thiophene rings is 1. The van der Waals surface area contributed by atoms with E-state index in [1.807, 2.05) is 25.1 Å². The molecule has 27 heavy (non-hydrogen) atoms. The Balaban J connectivity index is 1.89. The van der Waals surface area contributed by atoms with Gasteiger partial charge in [0.2, 0.25) is 0 Å². The summed E-state index contributed by atoms with van der Waals surface area (Å²) < 4.78 is 7.35. The first kappa shape index (κ1) is 18.1. The molecule has 1 aromatic carbocycles. The van der Waals surface area contributed by atoms with Crippen LogP contribution in [0.15, 0.2) is 45.9 Å². The molecule has 0 aliphatic carbocycles. The molecule has 0 radical (unpaired) electrons. The molecule has 0 aliphatic heterocycles. The number of methoxy groups -OCH3 is 1. The standard InChI is InChI=1S/C19H19N5OS2/c1-4-24-12(2)22-23-19(24)27-18-16-14(13-8-6-5-7-9-13)11-26-17(16)20-15(21-18)10-25-3/h5-9,11H,4,10H2,1-3H3. The highest BCUT2D eigenvalue weighted by Gasteiger charge is 2.19. The lowest BCUT2D eigenvalue weighted by Crippen LogP contribution is -2.01. The van der Waals surface area contributed by atoms with E-state index in [0.29, 0.717) is 12.4 Å². The first-order valence-corrected chi connectivity index (χ1v) is 10.3. The first-order chi connectivity index (χ1) is 13.2. The lowest BCUT2D eigenvalue weighted by atomic mass is 10.1. The molecule has 3 aromatic heterocycles. The van der Waals surface area contributed by atoms with Crippen LogP contribution in [0.4, 0.5) is 0 Å². The Morgan fingerprint density at radius 1 is 1.15 bits per heavy atom. The Hall–Kier alpha value is -2.29. The van der Waals surface area contributed by atoms with Crippen molar-refractivity contribution in [2.75, 3.05) is 7.11 Å². The highest BCUT2D eigenvalue weighted by atomic mass is 32.2. The maximum Gasteiger partial charge on any atom is 0.197 e. The summed E-state index contributed by atoms with van der Waals surface area (Å²) in [6, 6.07) is 10.3. The van der Waals surface area contributed by atoms with Crippen molar-refractivity contribution >= 4 is 33.3 Å². The number of fused-ring (bicyclic) bond motifs is 1. The van der Waals surface area contributed by atoms with Gasteiger partial charge in [-0.3, -0.25) is 0 Å². The summed E-state index contributed by atoms with van der Waals surface area (Å²) >= 11 is 3.16. The fourth-order valence-corrected chi connectivity index (χ4v) is 5.05. The van der Waals surface area contributed by atoms with Crippen molar-refractivity contribution in [1.82, 2.24) is 24.7 Å². The van der Waals surface area contributed by atoms with E-state index >= 15 is 0 Å². The number of aryl methyl sites for hydroxylation is 1. The third-order valence-electron chi connectivity index (χ3n) is 4.21. The number of hydrogen-bond donors (Lipinski definition) is 0. The van der Waals surface area contributed by atoms with E-state index in [4.69, 9.17) is 9.72 Å². The predicted octanol–water partition coefficient (Wildman–Crippen LogP) is 4.58. The van der Waals surface area contributed by atoms with E-state index in [9.17, 15) is 0 Å². The maximum atomic E-state index is 5.26. The van der Waals surface area contributed by atoms with Crippen LogP contribution in [0.5, 0.6) is 0 Å². The highest BCUT2D eigenvalue weighted by Crippen LogP contribution is 2.40. The molecule has 0 amide bonds. The van der Waals surface area contributed by atoms with Crippen molar-refractivity contribution in [3.05, 3.63) is 47.4 Å². The second-order valence-corrected chi connectivity index (χ2v) is 7.76. The van der Waals surface area contributed by atoms with Gasteiger partial charge in [0, 0.05) is 24.6 Å². The summed E-state index contributed by atoms with van der Waals surface area (Å²) in [6.45, 7) is 5.25. The van der Waals surface area contributed by atoms with Gasteiger partial charge in [0.1, 0.15) is 22.3 Å². The molecular weight excluding hydrogens is 378 g/mol. The van der Waals surface area contributed by atoms with Gasteiger partial charge >= 0.3 is 0 Å². The van der Waals surface area contributed by atoms with Crippen LogP contribution < -0.4 is 0 Å². The van der Waals surface area contributed by atoms with Gasteiger partial charge in [-0.25, -0.2) is 9.97 Å². The van der Waals surface area contributed by atoms with Crippen LogP contribution in [0.3, 0.4) is 0 Å². The minimum atomic E-state index is 0.377. The Morgan fingerprint density at radius 3 is 2.70 bits per heavy atom. The molecule has 0 atom stereocenters. The smallest absolute Gasteiger partial charge is 0.197 e. The van der Waals surface area contributed by atoms with Crippen molar-refractivity contribution in [3.63, 3.8) is 0 Å². The predicted molar refractivity (Wildman–Crippen MR) is 108 cm³/mol. The number of hydrogen-bond acceptors (Lipinski definition) is 7. The monoisotopic (exact) mass is 397 g/mol. The maximum absolute atomic E-state index is 5.26. The number of ether oxygens (including phenoxy) is 1. The minimum Gasteiger partial charge on any atom is -0.377 e. The van der Waals surface area contributed by atoms with E-state index in [1.54, 1.807) is 18.4 Å². The van der Waals surface area contributed by atoms with Gasteiger partial charge in [0.25, 0.3) is 0 Å². The van der Waals surface area contributed by atoms with Gasteiger partial charge in [0.15, 0.2) is 11.0 Å². The van der Waals surface area contributed by atoms with Gasteiger partial charge in [0.05, 0.1) is 5.39 Å². The Morgan fingerprint density at radius 2 is 1.96 bits per heavy atom. The van der Waals surface area contributed by atoms with Crippen molar-refractivity contribution in [2.24, 2.45) is 0 Å². The van der Waals surface area contributed by atoms with Gasteiger partial charge in [-0.1, -0.05) is 30.3 Å². The highest BCUT2D eigenvalue weighted by molar-refractivity contribution is 7.99. The van der Waals surface area contributed by atoms with Crippen molar-refractivity contribution in [1.29, 1.82) is 0 Å². The van der Waals surface area contributed by atoms with Crippen LogP contribution in [-0.4, -0.2) is 31.8 Å². The SMILES string of the molecule is CCn1c(C)nnc1Sc1nc(COC)nc2scc(-c3ccccc3)c12. The van der Waals surface area contributed by atoms with E-state index in [2.05, 4.69) is 44.2 Å². The molecule has 0 fully saturated rings. The average molecular weight is 398 g/mol. The van der Waals surface area contributed by atoms with Crippen LogP contribution in [0, 0.1) is 6.92 Å². The molecule has 0 saturated heterocycles. The van der Waals surface area contributed by atoms with Gasteiger partial charge < -0.3 is 9.30 Å². The van der Waals surface area contributed by atoms with Crippen LogP contribution >= 0.6 is 23.1 Å². The lowest BCUT2D eigenvalue weighted by Gasteiger charge is -2.09. The second-order valence-electron chi connectivity index (χ2n) is 5.95. The Labute approximate surface area is 165 Å². The summed E-state index contributed by atoms with van der Waals surface area (Å²) in [6.07, 6.45) is 0. The summed E-state index contributed by atoms with van der Waals surface area (Å²) in [4.78, 5) is 10.4. The molecule has 138 valence electrons. The Kier molecular flexibility index (Phi) is 5.20. The number of benzene rings is 1. The molecule has 0 bridgehead atoms. The molecule has 0 saturated carbocycles. The number of rotatable bonds is 6. The minimum absolute atomic E-state index is 0.377. The molecule has 6 nitrogen and oxygen atoms in total. The van der Waals surface area contributed by atoms with Gasteiger partial charge in [-0.2, -0.15) is 0 Å². The molecule has 0 aliphatic rings. The normalized spacial score (nSPS) is 11.4. The van der Waals surface area contributed by atoms with Crippen LogP contribution in [-0.2, 0) is 17.9 Å². The van der Waals surface area contributed by atoms with Gasteiger partial charge in [-0.15, -0.1) is 21.5 Å². The summed E-state index contributed by atoms with van der Waals surface area (Å²) in [5, 5.41) is 13.5.